The predicted octanol–water partition coefficient (Wildman–Crippen LogP) is 6.27. The maximum absolute atomic E-state index is 14.2. The van der Waals surface area contributed by atoms with Crippen molar-refractivity contribution in [3.63, 3.8) is 0 Å². The van der Waals surface area contributed by atoms with E-state index in [-0.39, 0.29) is 24.9 Å². The van der Waals surface area contributed by atoms with Crippen LogP contribution in [0.25, 0.3) is 0 Å². The maximum atomic E-state index is 14.2. The second-order valence-electron chi connectivity index (χ2n) is 10.9. The zero-order valence-corrected chi connectivity index (χ0v) is 27.1. The van der Waals surface area contributed by atoms with Gasteiger partial charge in [0, 0.05) is 28.5 Å². The molecule has 0 aliphatic heterocycles. The Morgan fingerprint density at radius 1 is 0.976 bits per heavy atom. The Labute approximate surface area is 262 Å². The van der Waals surface area contributed by atoms with Crippen LogP contribution in [0.2, 0.25) is 5.02 Å². The fourth-order valence-corrected chi connectivity index (χ4v) is 6.63. The van der Waals surface area contributed by atoms with Crippen molar-refractivity contribution in [1.82, 2.24) is 10.2 Å². The molecule has 0 spiro atoms. The summed E-state index contributed by atoms with van der Waals surface area (Å²) in [6.45, 7) is 1.49. The van der Waals surface area contributed by atoms with Crippen molar-refractivity contribution in [3.8, 4) is 0 Å². The van der Waals surface area contributed by atoms with Crippen LogP contribution in [0.4, 0.5) is 5.69 Å². The Bertz CT molecular complexity index is 1500. The van der Waals surface area contributed by atoms with Gasteiger partial charge in [0.05, 0.1) is 11.9 Å². The van der Waals surface area contributed by atoms with Gasteiger partial charge in [-0.1, -0.05) is 89.3 Å². The zero-order chi connectivity index (χ0) is 30.3. The van der Waals surface area contributed by atoms with E-state index < -0.39 is 28.5 Å². The van der Waals surface area contributed by atoms with E-state index in [0.29, 0.717) is 10.7 Å². The molecular weight excluding hydrogens is 638 g/mol. The standard InChI is InChI=1S/C32H37BrClN3O4S/c1-23-18-28(16-17-29(23)33)37(42(2,40)41)22-31(38)36(21-25-12-9-13-26(34)19-25)30(20-24-10-5-3-6-11-24)32(39)35-27-14-7-4-8-15-27/h3,5-6,9-13,16-19,27,30H,4,7-8,14-15,20-22H2,1-2H3,(H,35,39)/t30-/m1/s1. The summed E-state index contributed by atoms with van der Waals surface area (Å²) in [5.74, 6) is -0.729. The maximum Gasteiger partial charge on any atom is 0.244 e. The van der Waals surface area contributed by atoms with Gasteiger partial charge < -0.3 is 10.2 Å². The van der Waals surface area contributed by atoms with Gasteiger partial charge in [0.25, 0.3) is 0 Å². The van der Waals surface area contributed by atoms with Crippen LogP contribution in [0.5, 0.6) is 0 Å². The van der Waals surface area contributed by atoms with Crippen LogP contribution >= 0.6 is 27.5 Å². The van der Waals surface area contributed by atoms with Gasteiger partial charge in [-0.2, -0.15) is 0 Å². The van der Waals surface area contributed by atoms with Crippen LogP contribution in [-0.4, -0.2) is 50.0 Å². The third kappa shape index (κ3) is 8.82. The van der Waals surface area contributed by atoms with Crippen LogP contribution in [0, 0.1) is 6.92 Å². The molecule has 1 N–H and O–H groups in total. The number of anilines is 1. The van der Waals surface area contributed by atoms with E-state index in [4.69, 9.17) is 11.6 Å². The number of halogens is 2. The first-order chi connectivity index (χ1) is 20.0. The number of amides is 2. The second kappa shape index (κ2) is 14.5. The number of aryl methyl sites for hydroxylation is 1. The number of nitrogens with zero attached hydrogens (tertiary/aromatic N) is 2. The summed E-state index contributed by atoms with van der Waals surface area (Å²) in [5, 5.41) is 3.71. The van der Waals surface area contributed by atoms with Gasteiger partial charge in [-0.05, 0) is 66.8 Å². The fraction of sp³-hybridized carbons (Fsp3) is 0.375. The first-order valence-electron chi connectivity index (χ1n) is 14.1. The summed E-state index contributed by atoms with van der Waals surface area (Å²) >= 11 is 9.74. The number of benzene rings is 3. The molecule has 2 amide bonds. The van der Waals surface area contributed by atoms with Crippen molar-refractivity contribution in [3.05, 3.63) is 99.0 Å². The number of hydrogen-bond donors (Lipinski definition) is 1. The molecule has 1 aliphatic rings. The summed E-state index contributed by atoms with van der Waals surface area (Å²) in [7, 11) is -3.83. The molecule has 3 aromatic rings. The molecule has 0 unspecified atom stereocenters. The fourth-order valence-electron chi connectivity index (χ4n) is 5.33. The molecule has 0 aromatic heterocycles. The molecule has 1 atom stereocenters. The second-order valence-corrected chi connectivity index (χ2v) is 14.1. The lowest BCUT2D eigenvalue weighted by molar-refractivity contribution is -0.140. The highest BCUT2D eigenvalue weighted by Gasteiger charge is 2.34. The lowest BCUT2D eigenvalue weighted by Gasteiger charge is -2.35. The van der Waals surface area contributed by atoms with E-state index in [1.54, 1.807) is 36.4 Å². The molecule has 1 saturated carbocycles. The van der Waals surface area contributed by atoms with E-state index >= 15 is 0 Å². The van der Waals surface area contributed by atoms with Crippen LogP contribution in [0.3, 0.4) is 0 Å². The average Bonchev–Trinajstić information content (AvgIpc) is 2.95. The summed E-state index contributed by atoms with van der Waals surface area (Å²) in [4.78, 5) is 29.7. The molecule has 1 aliphatic carbocycles. The zero-order valence-electron chi connectivity index (χ0n) is 23.9. The molecule has 0 saturated heterocycles. The smallest absolute Gasteiger partial charge is 0.244 e. The highest BCUT2D eigenvalue weighted by molar-refractivity contribution is 9.10. The van der Waals surface area contributed by atoms with Crippen LogP contribution < -0.4 is 9.62 Å². The molecule has 42 heavy (non-hydrogen) atoms. The largest absolute Gasteiger partial charge is 0.352 e. The number of nitrogens with one attached hydrogen (secondary N) is 1. The van der Waals surface area contributed by atoms with E-state index in [1.165, 1.54) is 4.90 Å². The molecule has 1 fully saturated rings. The Kier molecular flexibility index (Phi) is 11.1. The van der Waals surface area contributed by atoms with Gasteiger partial charge in [-0.25, -0.2) is 8.42 Å². The Balaban J connectivity index is 1.73. The van der Waals surface area contributed by atoms with E-state index in [2.05, 4.69) is 21.2 Å². The first kappa shape index (κ1) is 32.0. The molecule has 7 nitrogen and oxygen atoms in total. The molecule has 3 aromatic carbocycles. The van der Waals surface area contributed by atoms with Crippen molar-refractivity contribution < 1.29 is 18.0 Å². The molecule has 10 heteroatoms. The number of carbonyl (C=O) groups excluding carboxylic acids is 2. The molecule has 224 valence electrons. The first-order valence-corrected chi connectivity index (χ1v) is 17.2. The monoisotopic (exact) mass is 673 g/mol. The van der Waals surface area contributed by atoms with Crippen LogP contribution in [-0.2, 0) is 32.6 Å². The summed E-state index contributed by atoms with van der Waals surface area (Å²) in [5.41, 5.74) is 2.84. The predicted molar refractivity (Wildman–Crippen MR) is 172 cm³/mol. The van der Waals surface area contributed by atoms with Gasteiger partial charge in [0.1, 0.15) is 12.6 Å². The minimum absolute atomic E-state index is 0.0471. The van der Waals surface area contributed by atoms with Crippen molar-refractivity contribution in [2.75, 3.05) is 17.1 Å². The number of rotatable bonds is 11. The van der Waals surface area contributed by atoms with Gasteiger partial charge in [0.2, 0.25) is 21.8 Å². The number of sulfonamides is 1. The SMILES string of the molecule is Cc1cc(N(CC(=O)N(Cc2cccc(Cl)c2)[C@H](Cc2ccccc2)C(=O)NC2CCCCC2)S(C)(=O)=O)ccc1Br. The minimum atomic E-state index is -3.83. The van der Waals surface area contributed by atoms with Crippen molar-refractivity contribution in [1.29, 1.82) is 0 Å². The average molecular weight is 675 g/mol. The topological polar surface area (TPSA) is 86.8 Å². The summed E-state index contributed by atoms with van der Waals surface area (Å²) in [6, 6.07) is 21.0. The van der Waals surface area contributed by atoms with E-state index in [9.17, 15) is 18.0 Å². The number of carbonyl (C=O) groups is 2. The lowest BCUT2D eigenvalue weighted by Crippen LogP contribution is -2.55. The molecule has 4 rings (SSSR count). The molecule has 0 radical (unpaired) electrons. The van der Waals surface area contributed by atoms with Crippen molar-refractivity contribution >= 4 is 55.1 Å². The lowest BCUT2D eigenvalue weighted by atomic mass is 9.94. The molecule has 0 bridgehead atoms. The molecular formula is C32H37BrClN3O4S. The quantitative estimate of drug-likeness (QED) is 0.260. The minimum Gasteiger partial charge on any atom is -0.352 e. The Morgan fingerprint density at radius 2 is 1.67 bits per heavy atom. The van der Waals surface area contributed by atoms with Gasteiger partial charge in [-0.15, -0.1) is 0 Å². The normalized spacial score (nSPS) is 14.7. The summed E-state index contributed by atoms with van der Waals surface area (Å²) < 4.78 is 27.9. The molecule has 0 heterocycles. The van der Waals surface area contributed by atoms with Crippen molar-refractivity contribution in [2.24, 2.45) is 0 Å². The van der Waals surface area contributed by atoms with Crippen molar-refractivity contribution in [2.45, 2.75) is 64.1 Å². The van der Waals surface area contributed by atoms with Gasteiger partial charge in [0.15, 0.2) is 0 Å². The Morgan fingerprint density at radius 3 is 2.31 bits per heavy atom. The van der Waals surface area contributed by atoms with E-state index in [0.717, 1.165) is 63.8 Å². The van der Waals surface area contributed by atoms with Gasteiger partial charge >= 0.3 is 0 Å². The van der Waals surface area contributed by atoms with E-state index in [1.807, 2.05) is 43.3 Å². The van der Waals surface area contributed by atoms with Crippen LogP contribution in [0.15, 0.2) is 77.3 Å². The van der Waals surface area contributed by atoms with Crippen LogP contribution in [0.1, 0.15) is 48.8 Å². The van der Waals surface area contributed by atoms with Gasteiger partial charge in [-0.3, -0.25) is 13.9 Å². The third-order valence-electron chi connectivity index (χ3n) is 7.57. The third-order valence-corrected chi connectivity index (χ3v) is 9.84. The summed E-state index contributed by atoms with van der Waals surface area (Å²) in [6.07, 6.45) is 6.41. The Hall–Kier alpha value is -2.88. The highest BCUT2D eigenvalue weighted by Crippen LogP contribution is 2.26. The number of hydrogen-bond acceptors (Lipinski definition) is 4. The highest BCUT2D eigenvalue weighted by atomic mass is 79.9.